The van der Waals surface area contributed by atoms with E-state index in [1.165, 1.54) is 37.9 Å². The highest BCUT2D eigenvalue weighted by Crippen LogP contribution is 2.29. The summed E-state index contributed by atoms with van der Waals surface area (Å²) in [5.74, 6) is 0.593. The summed E-state index contributed by atoms with van der Waals surface area (Å²) in [7, 11) is -1.26. The second-order valence-electron chi connectivity index (χ2n) is 5.91. The molecule has 0 fully saturated rings. The van der Waals surface area contributed by atoms with E-state index < -0.39 is 15.5 Å². The van der Waals surface area contributed by atoms with Gasteiger partial charge < -0.3 is 10.1 Å². The molecule has 9 heteroatoms. The first-order valence-corrected chi connectivity index (χ1v) is 10.1. The normalized spacial score (nSPS) is 13.0. The standard InChI is InChI=1S/C18H18FN5O2S/c1-26-16-9-13(19)7-8-14(16)17-21-11-22-18(24-17)23-15-6-4-3-5-12(15)10-27(2,20)25/h3-9,11,20H,10H2,1-2H3,(H,21,22,23,24). The molecule has 1 unspecified atom stereocenters. The molecule has 0 aliphatic rings. The molecule has 0 aliphatic carbocycles. The average Bonchev–Trinajstić information content (AvgIpc) is 2.62. The monoisotopic (exact) mass is 387 g/mol. The molecule has 140 valence electrons. The number of aromatic nitrogens is 3. The molecule has 1 atom stereocenters. The molecule has 2 aromatic carbocycles. The van der Waals surface area contributed by atoms with Crippen LogP contribution in [0.3, 0.4) is 0 Å². The number of rotatable bonds is 6. The van der Waals surface area contributed by atoms with Crippen LogP contribution in [0.15, 0.2) is 48.8 Å². The number of methoxy groups -OCH3 is 1. The maximum Gasteiger partial charge on any atom is 0.230 e. The maximum atomic E-state index is 13.4. The zero-order valence-electron chi connectivity index (χ0n) is 14.8. The van der Waals surface area contributed by atoms with Crippen LogP contribution < -0.4 is 10.1 Å². The highest BCUT2D eigenvalue weighted by atomic mass is 32.2. The van der Waals surface area contributed by atoms with Crippen LogP contribution >= 0.6 is 0 Å². The van der Waals surface area contributed by atoms with Gasteiger partial charge in [-0.2, -0.15) is 4.98 Å². The Morgan fingerprint density at radius 1 is 1.22 bits per heavy atom. The second-order valence-corrected chi connectivity index (χ2v) is 8.21. The van der Waals surface area contributed by atoms with Crippen LogP contribution in [0.2, 0.25) is 0 Å². The first-order chi connectivity index (χ1) is 12.9. The van der Waals surface area contributed by atoms with Crippen molar-refractivity contribution >= 4 is 21.4 Å². The number of hydrogen-bond donors (Lipinski definition) is 2. The molecular formula is C18H18FN5O2S. The highest BCUT2D eigenvalue weighted by molar-refractivity contribution is 7.90. The van der Waals surface area contributed by atoms with Crippen LogP contribution in [0, 0.1) is 10.6 Å². The van der Waals surface area contributed by atoms with Gasteiger partial charge in [0.1, 0.15) is 17.9 Å². The molecule has 0 bridgehead atoms. The quantitative estimate of drug-likeness (QED) is 0.670. The fourth-order valence-corrected chi connectivity index (χ4v) is 3.37. The Morgan fingerprint density at radius 2 is 2.00 bits per heavy atom. The van der Waals surface area contributed by atoms with Crippen molar-refractivity contribution in [2.24, 2.45) is 0 Å². The van der Waals surface area contributed by atoms with E-state index in [0.29, 0.717) is 22.8 Å². The Morgan fingerprint density at radius 3 is 2.74 bits per heavy atom. The van der Waals surface area contributed by atoms with E-state index in [1.54, 1.807) is 12.1 Å². The molecule has 3 rings (SSSR count). The van der Waals surface area contributed by atoms with Gasteiger partial charge in [0.15, 0.2) is 5.82 Å². The summed E-state index contributed by atoms with van der Waals surface area (Å²) in [6, 6.07) is 11.3. The van der Waals surface area contributed by atoms with Crippen molar-refractivity contribution in [1.29, 1.82) is 4.78 Å². The first kappa shape index (κ1) is 18.7. The van der Waals surface area contributed by atoms with E-state index in [4.69, 9.17) is 9.52 Å². The molecular weight excluding hydrogens is 369 g/mol. The van der Waals surface area contributed by atoms with Gasteiger partial charge in [-0.3, -0.25) is 4.78 Å². The molecule has 0 amide bonds. The number of anilines is 2. The number of para-hydroxylation sites is 1. The Hall–Kier alpha value is -3.07. The van der Waals surface area contributed by atoms with Gasteiger partial charge in [0.2, 0.25) is 5.95 Å². The maximum absolute atomic E-state index is 13.4. The lowest BCUT2D eigenvalue weighted by molar-refractivity contribution is 0.412. The van der Waals surface area contributed by atoms with Crippen LogP contribution in [0.4, 0.5) is 16.0 Å². The van der Waals surface area contributed by atoms with Gasteiger partial charge in [-0.25, -0.2) is 18.6 Å². The Balaban J connectivity index is 1.94. The van der Waals surface area contributed by atoms with E-state index in [1.807, 2.05) is 12.1 Å². The summed E-state index contributed by atoms with van der Waals surface area (Å²) in [6.45, 7) is 0. The summed E-state index contributed by atoms with van der Waals surface area (Å²) in [5.41, 5.74) is 1.91. The summed E-state index contributed by atoms with van der Waals surface area (Å²) >= 11 is 0. The zero-order valence-corrected chi connectivity index (χ0v) is 15.6. The summed E-state index contributed by atoms with van der Waals surface area (Å²) in [4.78, 5) is 12.6. The van der Waals surface area contributed by atoms with Gasteiger partial charge in [0.05, 0.1) is 18.4 Å². The molecule has 3 aromatic rings. The van der Waals surface area contributed by atoms with E-state index in [2.05, 4.69) is 20.3 Å². The summed E-state index contributed by atoms with van der Waals surface area (Å²) in [6.07, 6.45) is 2.73. The largest absolute Gasteiger partial charge is 0.496 e. The minimum absolute atomic E-state index is 0.111. The number of nitrogens with zero attached hydrogens (tertiary/aromatic N) is 3. The van der Waals surface area contributed by atoms with E-state index in [0.717, 1.165) is 5.56 Å². The van der Waals surface area contributed by atoms with Crippen molar-refractivity contribution in [3.8, 4) is 17.1 Å². The lowest BCUT2D eigenvalue weighted by Gasteiger charge is -2.12. The molecule has 0 saturated heterocycles. The smallest absolute Gasteiger partial charge is 0.230 e. The number of ether oxygens (including phenoxy) is 1. The summed E-state index contributed by atoms with van der Waals surface area (Å²) in [5, 5.41) is 3.07. The van der Waals surface area contributed by atoms with Gasteiger partial charge in [-0.05, 0) is 23.8 Å². The Kier molecular flexibility index (Phi) is 5.31. The van der Waals surface area contributed by atoms with Crippen LogP contribution in [-0.4, -0.2) is 32.5 Å². The molecule has 0 saturated carbocycles. The Labute approximate surface area is 156 Å². The van der Waals surface area contributed by atoms with Crippen molar-refractivity contribution in [1.82, 2.24) is 15.0 Å². The van der Waals surface area contributed by atoms with E-state index in [9.17, 15) is 8.60 Å². The molecule has 0 aliphatic heterocycles. The number of halogens is 1. The molecule has 0 radical (unpaired) electrons. The zero-order chi connectivity index (χ0) is 19.4. The molecule has 1 heterocycles. The second kappa shape index (κ2) is 7.67. The van der Waals surface area contributed by atoms with Gasteiger partial charge >= 0.3 is 0 Å². The minimum Gasteiger partial charge on any atom is -0.496 e. The lowest BCUT2D eigenvalue weighted by Crippen LogP contribution is -2.05. The van der Waals surface area contributed by atoms with Crippen LogP contribution in [0.1, 0.15) is 5.56 Å². The third kappa shape index (κ3) is 4.76. The van der Waals surface area contributed by atoms with Crippen LogP contribution in [0.5, 0.6) is 5.75 Å². The molecule has 1 aromatic heterocycles. The first-order valence-electron chi connectivity index (χ1n) is 7.95. The Bertz CT molecular complexity index is 1070. The van der Waals surface area contributed by atoms with Gasteiger partial charge in [-0.15, -0.1) is 0 Å². The average molecular weight is 387 g/mol. The van der Waals surface area contributed by atoms with Crippen molar-refractivity contribution in [2.45, 2.75) is 5.75 Å². The van der Waals surface area contributed by atoms with Gasteiger partial charge in [0.25, 0.3) is 0 Å². The molecule has 2 N–H and O–H groups in total. The van der Waals surface area contributed by atoms with Crippen molar-refractivity contribution in [3.63, 3.8) is 0 Å². The third-order valence-electron chi connectivity index (χ3n) is 3.67. The third-order valence-corrected chi connectivity index (χ3v) is 4.53. The van der Waals surface area contributed by atoms with Crippen molar-refractivity contribution < 1.29 is 13.3 Å². The van der Waals surface area contributed by atoms with Crippen LogP contribution in [0.25, 0.3) is 11.4 Å². The highest BCUT2D eigenvalue weighted by Gasteiger charge is 2.12. The summed E-state index contributed by atoms with van der Waals surface area (Å²) < 4.78 is 38.1. The fourth-order valence-electron chi connectivity index (χ4n) is 2.52. The molecule has 7 nitrogen and oxygen atoms in total. The van der Waals surface area contributed by atoms with Crippen molar-refractivity contribution in [3.05, 3.63) is 60.2 Å². The lowest BCUT2D eigenvalue weighted by atomic mass is 10.2. The predicted octanol–water partition coefficient (Wildman–Crippen LogP) is 3.61. The SMILES string of the molecule is COc1cc(F)ccc1-c1ncnc(Nc2ccccc2CS(C)(=N)=O)n1. The molecule has 27 heavy (non-hydrogen) atoms. The number of hydrogen-bond acceptors (Lipinski definition) is 7. The fraction of sp³-hybridized carbons (Fsp3) is 0.167. The van der Waals surface area contributed by atoms with Crippen molar-refractivity contribution in [2.75, 3.05) is 18.7 Å². The topological polar surface area (TPSA) is 101 Å². The number of nitrogens with one attached hydrogen (secondary N) is 2. The van der Waals surface area contributed by atoms with Gasteiger partial charge in [0, 0.05) is 27.7 Å². The van der Waals surface area contributed by atoms with E-state index >= 15 is 0 Å². The minimum atomic E-state index is -2.70. The number of benzene rings is 2. The van der Waals surface area contributed by atoms with E-state index in [-0.39, 0.29) is 11.7 Å². The van der Waals surface area contributed by atoms with Gasteiger partial charge in [-0.1, -0.05) is 18.2 Å². The molecule has 0 spiro atoms. The van der Waals surface area contributed by atoms with Crippen LogP contribution in [-0.2, 0) is 15.5 Å². The predicted molar refractivity (Wildman–Crippen MR) is 102 cm³/mol.